The van der Waals surface area contributed by atoms with Crippen LogP contribution in [0.1, 0.15) is 37.3 Å². The first kappa shape index (κ1) is 19.8. The van der Waals surface area contributed by atoms with Crippen LogP contribution in [-0.2, 0) is 9.59 Å². The fraction of sp³-hybridized carbons (Fsp3) is 0.474. The summed E-state index contributed by atoms with van der Waals surface area (Å²) in [4.78, 5) is 26.7. The standard InChI is InChI=1S/C19H24N4O2S2/c1-4-5-8-26-19-22-21-18(27-19)20-17(25)14-10-16(24)23(11-14)15-7-6-12(2)13(3)9-15/h6-7,9,14H,4-5,8,10-11H2,1-3H3,(H,20,21,25)/t14-/m0/s1. The van der Waals surface area contributed by atoms with Crippen molar-refractivity contribution in [1.82, 2.24) is 10.2 Å². The molecule has 0 aliphatic carbocycles. The smallest absolute Gasteiger partial charge is 0.231 e. The minimum atomic E-state index is -0.376. The molecule has 1 aliphatic heterocycles. The van der Waals surface area contributed by atoms with Crippen LogP contribution in [0, 0.1) is 19.8 Å². The molecule has 3 rings (SSSR count). The predicted octanol–water partition coefficient (Wildman–Crippen LogP) is 4.04. The van der Waals surface area contributed by atoms with E-state index in [9.17, 15) is 9.59 Å². The third kappa shape index (κ3) is 4.87. The summed E-state index contributed by atoms with van der Waals surface area (Å²) in [6, 6.07) is 5.94. The zero-order chi connectivity index (χ0) is 19.4. The molecule has 1 atom stereocenters. The number of carbonyl (C=O) groups excluding carboxylic acids is 2. The maximum atomic E-state index is 12.6. The summed E-state index contributed by atoms with van der Waals surface area (Å²) in [6.45, 7) is 6.60. The molecule has 2 amide bonds. The van der Waals surface area contributed by atoms with Crippen molar-refractivity contribution in [2.24, 2.45) is 5.92 Å². The molecular weight excluding hydrogens is 380 g/mol. The number of hydrogen-bond donors (Lipinski definition) is 1. The molecule has 1 aliphatic rings. The lowest BCUT2D eigenvalue weighted by Crippen LogP contribution is -2.28. The van der Waals surface area contributed by atoms with Gasteiger partial charge in [-0.1, -0.05) is 42.5 Å². The molecule has 0 spiro atoms. The summed E-state index contributed by atoms with van der Waals surface area (Å²) >= 11 is 3.04. The number of thioether (sulfide) groups is 1. The van der Waals surface area contributed by atoms with Crippen LogP contribution in [0.2, 0.25) is 0 Å². The van der Waals surface area contributed by atoms with Gasteiger partial charge in [-0.15, -0.1) is 10.2 Å². The molecule has 0 bridgehead atoms. The Balaban J connectivity index is 1.59. The third-order valence-corrected chi connectivity index (χ3v) is 6.72. The van der Waals surface area contributed by atoms with Gasteiger partial charge in [-0.2, -0.15) is 0 Å². The maximum absolute atomic E-state index is 12.6. The molecular formula is C19H24N4O2S2. The Kier molecular flexibility index (Phi) is 6.49. The minimum absolute atomic E-state index is 0.0218. The molecule has 1 aromatic heterocycles. The number of unbranched alkanes of at least 4 members (excludes halogenated alkanes) is 1. The van der Waals surface area contributed by atoms with Crippen molar-refractivity contribution in [1.29, 1.82) is 0 Å². The number of hydrogen-bond acceptors (Lipinski definition) is 6. The lowest BCUT2D eigenvalue weighted by Gasteiger charge is -2.17. The van der Waals surface area contributed by atoms with Crippen LogP contribution in [0.4, 0.5) is 10.8 Å². The van der Waals surface area contributed by atoms with Crippen molar-refractivity contribution < 1.29 is 9.59 Å². The quantitative estimate of drug-likeness (QED) is 0.428. The highest BCUT2D eigenvalue weighted by molar-refractivity contribution is 8.01. The Morgan fingerprint density at radius 1 is 1.33 bits per heavy atom. The van der Waals surface area contributed by atoms with Crippen molar-refractivity contribution >= 4 is 45.7 Å². The van der Waals surface area contributed by atoms with Crippen LogP contribution in [0.3, 0.4) is 0 Å². The van der Waals surface area contributed by atoms with E-state index in [-0.39, 0.29) is 24.2 Å². The van der Waals surface area contributed by atoms with Crippen LogP contribution < -0.4 is 10.2 Å². The first-order chi connectivity index (χ1) is 13.0. The van der Waals surface area contributed by atoms with Crippen molar-refractivity contribution in [2.45, 2.75) is 44.4 Å². The van der Waals surface area contributed by atoms with Gasteiger partial charge >= 0.3 is 0 Å². The van der Waals surface area contributed by atoms with Crippen molar-refractivity contribution in [2.75, 3.05) is 22.5 Å². The van der Waals surface area contributed by atoms with Gasteiger partial charge in [0.05, 0.1) is 5.92 Å². The van der Waals surface area contributed by atoms with Crippen molar-refractivity contribution in [3.05, 3.63) is 29.3 Å². The number of nitrogens with one attached hydrogen (secondary N) is 1. The molecule has 2 aromatic rings. The molecule has 0 radical (unpaired) electrons. The van der Waals surface area contributed by atoms with Crippen LogP contribution >= 0.6 is 23.1 Å². The highest BCUT2D eigenvalue weighted by Crippen LogP contribution is 2.29. The van der Waals surface area contributed by atoms with Gasteiger partial charge in [-0.3, -0.25) is 9.59 Å². The molecule has 1 fully saturated rings. The van der Waals surface area contributed by atoms with Gasteiger partial charge in [0.1, 0.15) is 0 Å². The Labute approximate surface area is 167 Å². The van der Waals surface area contributed by atoms with E-state index < -0.39 is 0 Å². The fourth-order valence-electron chi connectivity index (χ4n) is 2.86. The zero-order valence-electron chi connectivity index (χ0n) is 15.8. The normalized spacial score (nSPS) is 16.8. The monoisotopic (exact) mass is 404 g/mol. The molecule has 0 saturated carbocycles. The largest absolute Gasteiger partial charge is 0.312 e. The van der Waals surface area contributed by atoms with Crippen LogP contribution in [0.5, 0.6) is 0 Å². The van der Waals surface area contributed by atoms with Gasteiger partial charge in [0.15, 0.2) is 4.34 Å². The minimum Gasteiger partial charge on any atom is -0.312 e. The van der Waals surface area contributed by atoms with Crippen molar-refractivity contribution in [3.63, 3.8) is 0 Å². The summed E-state index contributed by atoms with van der Waals surface area (Å²) < 4.78 is 0.859. The van der Waals surface area contributed by atoms with Gasteiger partial charge < -0.3 is 10.2 Å². The molecule has 1 aromatic carbocycles. The number of aromatic nitrogens is 2. The molecule has 1 N–H and O–H groups in total. The third-order valence-electron chi connectivity index (χ3n) is 4.66. The van der Waals surface area contributed by atoms with E-state index in [2.05, 4.69) is 22.4 Å². The summed E-state index contributed by atoms with van der Waals surface area (Å²) in [6.07, 6.45) is 2.49. The number of rotatable bonds is 7. The number of benzene rings is 1. The Morgan fingerprint density at radius 2 is 2.15 bits per heavy atom. The van der Waals surface area contributed by atoms with E-state index in [4.69, 9.17) is 0 Å². The van der Waals surface area contributed by atoms with Gasteiger partial charge in [0, 0.05) is 24.4 Å². The Morgan fingerprint density at radius 3 is 2.89 bits per heavy atom. The lowest BCUT2D eigenvalue weighted by molar-refractivity contribution is -0.122. The van der Waals surface area contributed by atoms with Crippen LogP contribution in [-0.4, -0.2) is 34.3 Å². The SMILES string of the molecule is CCCCSc1nnc(NC(=O)[C@H]2CC(=O)N(c3ccc(C)c(C)c3)C2)s1. The second-order valence-corrected chi connectivity index (χ2v) is 9.06. The molecule has 8 heteroatoms. The van der Waals surface area contributed by atoms with Crippen LogP contribution in [0.15, 0.2) is 22.5 Å². The number of carbonyl (C=O) groups is 2. The second kappa shape index (κ2) is 8.84. The highest BCUT2D eigenvalue weighted by atomic mass is 32.2. The summed E-state index contributed by atoms with van der Waals surface area (Å²) in [5.74, 6) is 0.433. The van der Waals surface area contributed by atoms with Gasteiger partial charge in [-0.05, 0) is 43.5 Å². The molecule has 27 heavy (non-hydrogen) atoms. The summed E-state index contributed by atoms with van der Waals surface area (Å²) in [7, 11) is 0. The van der Waals surface area contributed by atoms with E-state index in [0.717, 1.165) is 34.2 Å². The molecule has 2 heterocycles. The highest BCUT2D eigenvalue weighted by Gasteiger charge is 2.35. The van der Waals surface area contributed by atoms with E-state index in [1.165, 1.54) is 16.9 Å². The zero-order valence-corrected chi connectivity index (χ0v) is 17.5. The molecule has 0 unspecified atom stereocenters. The molecule has 144 valence electrons. The summed E-state index contributed by atoms with van der Waals surface area (Å²) in [5.41, 5.74) is 3.17. The van der Waals surface area contributed by atoms with E-state index >= 15 is 0 Å². The fourth-order valence-corrected chi connectivity index (χ4v) is 4.77. The van der Waals surface area contributed by atoms with Crippen LogP contribution in [0.25, 0.3) is 0 Å². The number of anilines is 2. The Bertz CT molecular complexity index is 837. The number of nitrogens with zero attached hydrogens (tertiary/aromatic N) is 3. The van der Waals surface area contributed by atoms with Gasteiger partial charge in [-0.25, -0.2) is 0 Å². The predicted molar refractivity (Wildman–Crippen MR) is 111 cm³/mol. The second-order valence-electron chi connectivity index (χ2n) is 6.74. The first-order valence-corrected chi connectivity index (χ1v) is 10.9. The molecule has 6 nitrogen and oxygen atoms in total. The van der Waals surface area contributed by atoms with E-state index in [1.54, 1.807) is 16.7 Å². The average molecular weight is 405 g/mol. The average Bonchev–Trinajstić information content (AvgIpc) is 3.24. The van der Waals surface area contributed by atoms with Gasteiger partial charge in [0.25, 0.3) is 0 Å². The number of amides is 2. The van der Waals surface area contributed by atoms with E-state index in [0.29, 0.717) is 11.7 Å². The number of aryl methyl sites for hydroxylation is 2. The molecule has 1 saturated heterocycles. The van der Waals surface area contributed by atoms with Gasteiger partial charge in [0.2, 0.25) is 16.9 Å². The first-order valence-electron chi connectivity index (χ1n) is 9.12. The summed E-state index contributed by atoms with van der Waals surface area (Å²) in [5, 5.41) is 11.5. The Hall–Kier alpha value is -1.93. The topological polar surface area (TPSA) is 75.2 Å². The lowest BCUT2D eigenvalue weighted by atomic mass is 10.1. The van der Waals surface area contributed by atoms with Crippen molar-refractivity contribution in [3.8, 4) is 0 Å². The van der Waals surface area contributed by atoms with E-state index in [1.807, 2.05) is 32.0 Å². The maximum Gasteiger partial charge on any atom is 0.231 e.